The number of benzene rings is 3. The number of aromatic amines is 1. The lowest BCUT2D eigenvalue weighted by Gasteiger charge is -2.23. The van der Waals surface area contributed by atoms with Crippen molar-refractivity contribution in [1.82, 2.24) is 10.2 Å². The number of phenolic OH excluding ortho intramolecular Hbond substituents is 1. The number of carbonyl (C=O) groups excluding carboxylic acids is 1. The van der Waals surface area contributed by atoms with Gasteiger partial charge in [-0.1, -0.05) is 60.7 Å². The lowest BCUT2D eigenvalue weighted by Crippen LogP contribution is -2.39. The first kappa shape index (κ1) is 22.2. The summed E-state index contributed by atoms with van der Waals surface area (Å²) in [6, 6.07) is 23.3. The summed E-state index contributed by atoms with van der Waals surface area (Å²) in [6.07, 6.45) is 0. The van der Waals surface area contributed by atoms with Gasteiger partial charge in [-0.3, -0.25) is 20.0 Å². The average Bonchev–Trinajstić information content (AvgIpc) is 3.66. The highest BCUT2D eigenvalue weighted by atomic mass is 16.6. The van der Waals surface area contributed by atoms with Crippen molar-refractivity contribution in [2.45, 2.75) is 12.1 Å². The highest BCUT2D eigenvalue weighted by Crippen LogP contribution is 2.38. The molecule has 10 nitrogen and oxygen atoms in total. The van der Waals surface area contributed by atoms with E-state index in [4.69, 9.17) is 4.42 Å². The van der Waals surface area contributed by atoms with Crippen LogP contribution in [0.1, 0.15) is 22.2 Å². The van der Waals surface area contributed by atoms with Crippen LogP contribution in [-0.2, 0) is 0 Å². The molecule has 2 aromatic heterocycles. The maximum absolute atomic E-state index is 13.5. The summed E-state index contributed by atoms with van der Waals surface area (Å²) in [6.45, 7) is 0. The van der Waals surface area contributed by atoms with Crippen molar-refractivity contribution in [2.75, 3.05) is 5.01 Å². The number of nitrogens with one attached hydrogen (secondary N) is 1. The summed E-state index contributed by atoms with van der Waals surface area (Å²) in [4.78, 5) is 25.4. The minimum atomic E-state index is -1.51. The Bertz CT molecular complexity index is 1620. The summed E-state index contributed by atoms with van der Waals surface area (Å²) in [5, 5.41) is 36.0. The SMILES string of the molecule is O=C(C1=NN(c2cc(-c3ccccc3)n[nH]2)C(c2ccc(O)cc2)C1[N+](=O)[O-])c1cc2ccccc2o1. The summed E-state index contributed by atoms with van der Waals surface area (Å²) >= 11 is 0. The van der Waals surface area contributed by atoms with Gasteiger partial charge in [-0.15, -0.1) is 0 Å². The van der Waals surface area contributed by atoms with E-state index >= 15 is 0 Å². The van der Waals surface area contributed by atoms with Gasteiger partial charge in [0, 0.05) is 21.9 Å². The molecule has 0 fully saturated rings. The number of furan rings is 1. The number of hydrogen-bond donors (Lipinski definition) is 2. The number of H-pyrrole nitrogens is 1. The normalized spacial score (nSPS) is 17.2. The number of para-hydroxylation sites is 1. The molecule has 0 bridgehead atoms. The van der Waals surface area contributed by atoms with E-state index < -0.39 is 22.8 Å². The average molecular weight is 493 g/mol. The fourth-order valence-corrected chi connectivity index (χ4v) is 4.52. The Morgan fingerprint density at radius 1 is 1.00 bits per heavy atom. The molecular weight excluding hydrogens is 474 g/mol. The number of aromatic hydroxyl groups is 1. The first-order valence-corrected chi connectivity index (χ1v) is 11.4. The van der Waals surface area contributed by atoms with Crippen LogP contribution in [0.5, 0.6) is 5.75 Å². The molecule has 0 radical (unpaired) electrons. The largest absolute Gasteiger partial charge is 0.508 e. The molecule has 2 N–H and O–H groups in total. The van der Waals surface area contributed by atoms with Gasteiger partial charge in [-0.25, -0.2) is 5.01 Å². The molecular formula is C27H19N5O5. The Hall–Kier alpha value is -5.25. The predicted octanol–water partition coefficient (Wildman–Crippen LogP) is 4.97. The second-order valence-corrected chi connectivity index (χ2v) is 8.58. The minimum Gasteiger partial charge on any atom is -0.508 e. The molecule has 1 aliphatic heterocycles. The molecule has 3 aromatic carbocycles. The third-order valence-electron chi connectivity index (χ3n) is 6.28. The van der Waals surface area contributed by atoms with Crippen LogP contribution in [0.15, 0.2) is 101 Å². The standard InChI is InChI=1S/C27H19N5O5/c33-19-12-10-17(11-13-19)25-26(32(35)36)24(27(34)22-14-18-8-4-5-9-21(18)37-22)30-31(25)23-15-20(28-29-23)16-6-2-1-3-7-16/h1-15,25-26,33H,(H,28,29). The number of anilines is 1. The van der Waals surface area contributed by atoms with Crippen molar-refractivity contribution >= 4 is 28.3 Å². The first-order chi connectivity index (χ1) is 18.0. The van der Waals surface area contributed by atoms with Crippen LogP contribution in [0.2, 0.25) is 0 Å². The molecule has 0 spiro atoms. The smallest absolute Gasteiger partial charge is 0.286 e. The zero-order valence-electron chi connectivity index (χ0n) is 19.2. The quantitative estimate of drug-likeness (QED) is 0.193. The second kappa shape index (κ2) is 8.76. The van der Waals surface area contributed by atoms with Crippen LogP contribution in [0.4, 0.5) is 5.82 Å². The summed E-state index contributed by atoms with van der Waals surface area (Å²) in [7, 11) is 0. The van der Waals surface area contributed by atoms with E-state index in [0.29, 0.717) is 28.0 Å². The zero-order valence-corrected chi connectivity index (χ0v) is 19.2. The lowest BCUT2D eigenvalue weighted by molar-refractivity contribution is -0.505. The van der Waals surface area contributed by atoms with Crippen LogP contribution in [0.3, 0.4) is 0 Å². The maximum atomic E-state index is 13.5. The molecule has 10 heteroatoms. The number of hydrogen-bond acceptors (Lipinski definition) is 8. The zero-order chi connectivity index (χ0) is 25.5. The fraction of sp³-hybridized carbons (Fsp3) is 0.0741. The van der Waals surface area contributed by atoms with Crippen LogP contribution in [-0.4, -0.2) is 37.8 Å². The minimum absolute atomic E-state index is 0.0124. The molecule has 1 aliphatic rings. The number of hydrazone groups is 1. The Balaban J connectivity index is 1.47. The Kier molecular flexibility index (Phi) is 5.26. The summed E-state index contributed by atoms with van der Waals surface area (Å²) < 4.78 is 5.71. The van der Waals surface area contributed by atoms with E-state index in [1.54, 1.807) is 42.5 Å². The van der Waals surface area contributed by atoms with Crippen molar-refractivity contribution < 1.29 is 19.2 Å². The van der Waals surface area contributed by atoms with E-state index in [0.717, 1.165) is 5.56 Å². The van der Waals surface area contributed by atoms with E-state index in [9.17, 15) is 20.0 Å². The molecule has 0 aliphatic carbocycles. The highest BCUT2D eigenvalue weighted by molar-refractivity contribution is 6.47. The van der Waals surface area contributed by atoms with Gasteiger partial charge in [0.2, 0.25) is 0 Å². The van der Waals surface area contributed by atoms with Gasteiger partial charge in [-0.2, -0.15) is 10.2 Å². The van der Waals surface area contributed by atoms with Crippen LogP contribution < -0.4 is 5.01 Å². The summed E-state index contributed by atoms with van der Waals surface area (Å²) in [5.41, 5.74) is 2.18. The highest BCUT2D eigenvalue weighted by Gasteiger charge is 2.51. The molecule has 0 amide bonds. The number of rotatable bonds is 6. The Morgan fingerprint density at radius 2 is 1.73 bits per heavy atom. The van der Waals surface area contributed by atoms with Crippen molar-refractivity contribution in [3.63, 3.8) is 0 Å². The van der Waals surface area contributed by atoms with Crippen molar-refractivity contribution in [1.29, 1.82) is 0 Å². The number of phenols is 1. The third-order valence-corrected chi connectivity index (χ3v) is 6.28. The molecule has 0 saturated carbocycles. The van der Waals surface area contributed by atoms with Gasteiger partial charge in [0.1, 0.15) is 17.2 Å². The van der Waals surface area contributed by atoms with Crippen LogP contribution in [0.25, 0.3) is 22.2 Å². The first-order valence-electron chi connectivity index (χ1n) is 11.4. The van der Waals surface area contributed by atoms with Gasteiger partial charge in [0.15, 0.2) is 17.5 Å². The third kappa shape index (κ3) is 3.90. The van der Waals surface area contributed by atoms with Crippen molar-refractivity contribution in [3.8, 4) is 17.0 Å². The van der Waals surface area contributed by atoms with Gasteiger partial charge in [0.05, 0.1) is 5.69 Å². The molecule has 37 heavy (non-hydrogen) atoms. The number of nitro groups is 1. The van der Waals surface area contributed by atoms with Crippen LogP contribution >= 0.6 is 0 Å². The van der Waals surface area contributed by atoms with Gasteiger partial charge in [0.25, 0.3) is 11.8 Å². The van der Waals surface area contributed by atoms with Crippen molar-refractivity contribution in [2.24, 2.45) is 5.10 Å². The van der Waals surface area contributed by atoms with Crippen molar-refractivity contribution in [3.05, 3.63) is 112 Å². The van der Waals surface area contributed by atoms with Gasteiger partial charge >= 0.3 is 0 Å². The molecule has 0 saturated heterocycles. The maximum Gasteiger partial charge on any atom is 0.286 e. The second-order valence-electron chi connectivity index (χ2n) is 8.58. The predicted molar refractivity (Wildman–Crippen MR) is 136 cm³/mol. The van der Waals surface area contributed by atoms with Gasteiger partial charge < -0.3 is 9.52 Å². The van der Waals surface area contributed by atoms with E-state index in [1.165, 1.54) is 17.1 Å². The molecule has 5 aromatic rings. The van der Waals surface area contributed by atoms with Crippen LogP contribution in [0, 0.1) is 10.1 Å². The number of carbonyl (C=O) groups is 1. The lowest BCUT2D eigenvalue weighted by atomic mass is 9.94. The molecule has 2 unspecified atom stereocenters. The summed E-state index contributed by atoms with van der Waals surface area (Å²) in [5.74, 6) is -0.325. The molecule has 3 heterocycles. The number of Topliss-reactive ketones (excluding diaryl/α,β-unsaturated/α-hetero) is 1. The van der Waals surface area contributed by atoms with E-state index in [2.05, 4.69) is 15.3 Å². The number of aromatic nitrogens is 2. The number of nitrogens with zero attached hydrogens (tertiary/aromatic N) is 4. The molecule has 182 valence electrons. The van der Waals surface area contributed by atoms with Gasteiger partial charge in [-0.05, 0) is 29.8 Å². The monoisotopic (exact) mass is 493 g/mol. The topological polar surface area (TPSA) is 138 Å². The number of fused-ring (bicyclic) bond motifs is 1. The molecule has 6 rings (SSSR count). The Labute approximate surface area is 209 Å². The number of ketones is 1. The van der Waals surface area contributed by atoms with E-state index in [-0.39, 0.29) is 17.2 Å². The molecule has 2 atom stereocenters. The van der Waals surface area contributed by atoms with E-state index in [1.807, 2.05) is 36.4 Å². The fourth-order valence-electron chi connectivity index (χ4n) is 4.52. The Morgan fingerprint density at radius 3 is 2.46 bits per heavy atom.